The van der Waals surface area contributed by atoms with Crippen LogP contribution in [-0.2, 0) is 5.75 Å². The number of aromatic nitrogens is 1. The van der Waals surface area contributed by atoms with Crippen LogP contribution < -0.4 is 0 Å². The number of rotatable bonds is 2. The first-order chi connectivity index (χ1) is 5.29. The number of thiocarbonyl (C=S) groups is 1. The summed E-state index contributed by atoms with van der Waals surface area (Å²) in [5, 5.41) is 8.69. The van der Waals surface area contributed by atoms with Crippen molar-refractivity contribution in [1.82, 2.24) is 4.98 Å². The second kappa shape index (κ2) is 4.31. The van der Waals surface area contributed by atoms with Crippen molar-refractivity contribution in [1.29, 1.82) is 0 Å². The van der Waals surface area contributed by atoms with E-state index in [4.69, 9.17) is 5.11 Å². The Hall–Kier alpha value is -0.610. The maximum atomic E-state index is 8.69. The minimum absolute atomic E-state index is 0.0196. The Morgan fingerprint density at radius 3 is 3.09 bits per heavy atom. The summed E-state index contributed by atoms with van der Waals surface area (Å²) in [5.74, 6) is 0.684. The third-order valence-corrected chi connectivity index (χ3v) is 2.16. The van der Waals surface area contributed by atoms with Gasteiger partial charge in [-0.25, -0.2) is 0 Å². The molecule has 0 radical (unpaired) electrons. The number of thioether (sulfide) groups is 1. The molecular weight excluding hydrogens is 178 g/mol. The molecule has 0 amide bonds. The topological polar surface area (TPSA) is 33.1 Å². The van der Waals surface area contributed by atoms with E-state index in [9.17, 15) is 0 Å². The molecule has 0 aliphatic heterocycles. The molecule has 1 N–H and O–H groups in total. The molecule has 1 heterocycles. The Bertz CT molecular complexity index is 237. The molecule has 0 bridgehead atoms. The van der Waals surface area contributed by atoms with E-state index in [1.165, 1.54) is 11.8 Å². The predicted molar refractivity (Wildman–Crippen MR) is 50.8 cm³/mol. The van der Waals surface area contributed by atoms with E-state index in [0.717, 1.165) is 5.56 Å². The fourth-order valence-electron chi connectivity index (χ4n) is 0.629. The molecule has 0 atom stereocenters. The average molecular weight is 185 g/mol. The summed E-state index contributed by atoms with van der Waals surface area (Å²) in [7, 11) is 0. The van der Waals surface area contributed by atoms with Crippen molar-refractivity contribution in [2.45, 2.75) is 5.75 Å². The van der Waals surface area contributed by atoms with Crippen LogP contribution in [0.1, 0.15) is 5.56 Å². The van der Waals surface area contributed by atoms with Crippen LogP contribution in [0.3, 0.4) is 0 Å². The van der Waals surface area contributed by atoms with Crippen LogP contribution in [0.4, 0.5) is 0 Å². The van der Waals surface area contributed by atoms with Crippen molar-refractivity contribution in [3.8, 4) is 0 Å². The molecule has 1 aromatic heterocycles. The van der Waals surface area contributed by atoms with E-state index in [2.05, 4.69) is 17.2 Å². The number of aliphatic hydroxyl groups excluding tert-OH is 1. The van der Waals surface area contributed by atoms with Gasteiger partial charge in [0.15, 0.2) is 0 Å². The van der Waals surface area contributed by atoms with Crippen LogP contribution >= 0.6 is 24.0 Å². The lowest BCUT2D eigenvalue weighted by Gasteiger charge is -1.96. The van der Waals surface area contributed by atoms with Crippen molar-refractivity contribution >= 4 is 28.4 Å². The minimum atomic E-state index is -0.0196. The van der Waals surface area contributed by atoms with Gasteiger partial charge in [-0.3, -0.25) is 4.98 Å². The van der Waals surface area contributed by atoms with Crippen LogP contribution in [0.25, 0.3) is 0 Å². The van der Waals surface area contributed by atoms with E-state index < -0.39 is 0 Å². The van der Waals surface area contributed by atoms with Crippen LogP contribution in [0.2, 0.25) is 0 Å². The zero-order chi connectivity index (χ0) is 8.10. The Balaban J connectivity index is 2.45. The summed E-state index contributed by atoms with van der Waals surface area (Å²) in [6.45, 7) is 0. The molecule has 58 valence electrons. The van der Waals surface area contributed by atoms with Crippen LogP contribution in [-0.4, -0.2) is 14.5 Å². The first-order valence-electron chi connectivity index (χ1n) is 3.03. The highest BCUT2D eigenvalue weighted by Gasteiger charge is 1.94. The fourth-order valence-corrected chi connectivity index (χ4v) is 1.27. The Kier molecular flexibility index (Phi) is 3.32. The van der Waals surface area contributed by atoms with Gasteiger partial charge in [0.05, 0.1) is 0 Å². The SMILES string of the molecule is OC(=S)SCc1cccnc1. The third-order valence-electron chi connectivity index (χ3n) is 1.09. The summed E-state index contributed by atoms with van der Waals surface area (Å²) in [6, 6.07) is 3.80. The van der Waals surface area contributed by atoms with Crippen molar-refractivity contribution < 1.29 is 5.11 Å². The van der Waals surface area contributed by atoms with Gasteiger partial charge in [0, 0.05) is 18.1 Å². The fraction of sp³-hybridized carbons (Fsp3) is 0.143. The van der Waals surface area contributed by atoms with Gasteiger partial charge in [0.2, 0.25) is 4.38 Å². The Morgan fingerprint density at radius 1 is 1.73 bits per heavy atom. The monoisotopic (exact) mass is 185 g/mol. The average Bonchev–Trinajstić information content (AvgIpc) is 2.03. The smallest absolute Gasteiger partial charge is 0.217 e. The molecule has 0 aromatic carbocycles. The molecule has 0 aliphatic rings. The maximum absolute atomic E-state index is 8.69. The molecule has 0 spiro atoms. The van der Waals surface area contributed by atoms with E-state index in [1.54, 1.807) is 12.4 Å². The second-order valence-corrected chi connectivity index (χ2v) is 3.53. The first kappa shape index (κ1) is 8.49. The molecule has 1 rings (SSSR count). The molecule has 0 unspecified atom stereocenters. The van der Waals surface area contributed by atoms with Gasteiger partial charge >= 0.3 is 0 Å². The van der Waals surface area contributed by atoms with Crippen molar-refractivity contribution in [2.24, 2.45) is 0 Å². The maximum Gasteiger partial charge on any atom is 0.217 e. The standard InChI is InChI=1S/C7H7NOS2/c9-7(10)11-5-6-2-1-3-8-4-6/h1-4H,5H2,(H,9,10). The predicted octanol–water partition coefficient (Wildman–Crippen LogP) is 2.16. The number of hydrogen-bond donors (Lipinski definition) is 1. The van der Waals surface area contributed by atoms with Gasteiger partial charge in [0.25, 0.3) is 0 Å². The van der Waals surface area contributed by atoms with Gasteiger partial charge in [-0.2, -0.15) is 0 Å². The van der Waals surface area contributed by atoms with Gasteiger partial charge in [-0.15, -0.1) is 0 Å². The summed E-state index contributed by atoms with van der Waals surface area (Å²) in [4.78, 5) is 3.92. The van der Waals surface area contributed by atoms with Crippen molar-refractivity contribution in [3.05, 3.63) is 30.1 Å². The van der Waals surface area contributed by atoms with Gasteiger partial charge < -0.3 is 5.11 Å². The molecule has 0 aliphatic carbocycles. The zero-order valence-corrected chi connectivity index (χ0v) is 7.36. The minimum Gasteiger partial charge on any atom is -0.494 e. The van der Waals surface area contributed by atoms with Gasteiger partial charge in [-0.05, 0) is 23.8 Å². The third kappa shape index (κ3) is 3.34. The zero-order valence-electron chi connectivity index (χ0n) is 5.73. The number of pyridine rings is 1. The molecule has 0 saturated heterocycles. The summed E-state index contributed by atoms with van der Waals surface area (Å²) >= 11 is 5.72. The van der Waals surface area contributed by atoms with Crippen LogP contribution in [0, 0.1) is 0 Å². The molecule has 4 heteroatoms. The summed E-state index contributed by atoms with van der Waals surface area (Å²) in [6.07, 6.45) is 3.47. The lowest BCUT2D eigenvalue weighted by molar-refractivity contribution is 0.585. The van der Waals surface area contributed by atoms with Gasteiger partial charge in [0.1, 0.15) is 0 Å². The largest absolute Gasteiger partial charge is 0.494 e. The van der Waals surface area contributed by atoms with Crippen LogP contribution in [0.15, 0.2) is 24.5 Å². The quantitative estimate of drug-likeness (QED) is 0.716. The lowest BCUT2D eigenvalue weighted by Crippen LogP contribution is -1.86. The van der Waals surface area contributed by atoms with E-state index >= 15 is 0 Å². The number of aliphatic hydroxyl groups is 1. The lowest BCUT2D eigenvalue weighted by atomic mass is 10.3. The summed E-state index contributed by atoms with van der Waals surface area (Å²) < 4.78 is -0.0196. The van der Waals surface area contributed by atoms with E-state index in [-0.39, 0.29) is 4.38 Å². The van der Waals surface area contributed by atoms with Gasteiger partial charge in [-0.1, -0.05) is 17.8 Å². The normalized spacial score (nSPS) is 9.45. The Morgan fingerprint density at radius 2 is 2.55 bits per heavy atom. The first-order valence-corrected chi connectivity index (χ1v) is 4.43. The highest BCUT2D eigenvalue weighted by Crippen LogP contribution is 2.10. The number of nitrogens with zero attached hydrogens (tertiary/aromatic N) is 1. The van der Waals surface area contributed by atoms with E-state index in [1.807, 2.05) is 12.1 Å². The molecule has 11 heavy (non-hydrogen) atoms. The van der Waals surface area contributed by atoms with Crippen LogP contribution in [0.5, 0.6) is 0 Å². The summed E-state index contributed by atoms with van der Waals surface area (Å²) in [5.41, 5.74) is 1.06. The number of hydrogen-bond acceptors (Lipinski definition) is 3. The highest BCUT2D eigenvalue weighted by molar-refractivity contribution is 8.21. The second-order valence-electron chi connectivity index (χ2n) is 1.92. The van der Waals surface area contributed by atoms with Crippen molar-refractivity contribution in [2.75, 3.05) is 0 Å². The molecule has 1 aromatic rings. The highest BCUT2D eigenvalue weighted by atomic mass is 32.2. The molecular formula is C7H7NOS2. The van der Waals surface area contributed by atoms with E-state index in [0.29, 0.717) is 5.75 Å². The molecule has 0 saturated carbocycles. The molecule has 2 nitrogen and oxygen atoms in total. The molecule has 0 fully saturated rings. The Labute approximate surface area is 74.7 Å². The van der Waals surface area contributed by atoms with Crippen molar-refractivity contribution in [3.63, 3.8) is 0 Å².